The average molecular weight is 357 g/mol. The zero-order valence-corrected chi connectivity index (χ0v) is 14.5. The van der Waals surface area contributed by atoms with E-state index in [2.05, 4.69) is 10.4 Å². The van der Waals surface area contributed by atoms with Gasteiger partial charge in [0.25, 0.3) is 0 Å². The van der Waals surface area contributed by atoms with Gasteiger partial charge < -0.3 is 5.32 Å². The summed E-state index contributed by atoms with van der Waals surface area (Å²) in [4.78, 5) is 12.7. The SMILES string of the molecule is Cc1nn(C)c(C)c1NC(=O)[C@H](C)Sc1cccc(C(F)(F)F)c1. The minimum absolute atomic E-state index is 0.281. The average Bonchev–Trinajstić information content (AvgIpc) is 2.73. The highest BCUT2D eigenvalue weighted by atomic mass is 32.2. The Bertz CT molecular complexity index is 756. The normalized spacial score (nSPS) is 13.0. The smallest absolute Gasteiger partial charge is 0.322 e. The molecular weight excluding hydrogens is 339 g/mol. The van der Waals surface area contributed by atoms with Gasteiger partial charge >= 0.3 is 6.18 Å². The number of carbonyl (C=O) groups excluding carboxylic acids is 1. The first-order valence-electron chi connectivity index (χ1n) is 7.24. The van der Waals surface area contributed by atoms with Crippen molar-refractivity contribution >= 4 is 23.4 Å². The second-order valence-electron chi connectivity index (χ2n) is 5.44. The molecule has 0 aliphatic rings. The summed E-state index contributed by atoms with van der Waals surface area (Å²) in [5.41, 5.74) is 1.43. The maximum absolute atomic E-state index is 12.7. The first kappa shape index (κ1) is 18.4. The molecule has 8 heteroatoms. The zero-order valence-electron chi connectivity index (χ0n) is 13.7. The van der Waals surface area contributed by atoms with Gasteiger partial charge in [0.1, 0.15) is 0 Å². The van der Waals surface area contributed by atoms with Crippen molar-refractivity contribution in [3.8, 4) is 0 Å². The van der Waals surface area contributed by atoms with Crippen molar-refractivity contribution in [3.05, 3.63) is 41.2 Å². The van der Waals surface area contributed by atoms with Gasteiger partial charge in [0.2, 0.25) is 5.91 Å². The number of nitrogens with one attached hydrogen (secondary N) is 1. The molecular formula is C16H18F3N3OS. The molecule has 0 unspecified atom stereocenters. The van der Waals surface area contributed by atoms with Gasteiger partial charge in [-0.2, -0.15) is 18.3 Å². The Morgan fingerprint density at radius 3 is 2.54 bits per heavy atom. The van der Waals surface area contributed by atoms with E-state index < -0.39 is 17.0 Å². The Morgan fingerprint density at radius 1 is 1.33 bits per heavy atom. The van der Waals surface area contributed by atoms with Gasteiger partial charge in [-0.1, -0.05) is 6.07 Å². The lowest BCUT2D eigenvalue weighted by molar-refractivity contribution is -0.137. The summed E-state index contributed by atoms with van der Waals surface area (Å²) in [6, 6.07) is 4.96. The number of hydrogen-bond acceptors (Lipinski definition) is 3. The monoisotopic (exact) mass is 357 g/mol. The highest BCUT2D eigenvalue weighted by Gasteiger charge is 2.30. The molecule has 1 aromatic carbocycles. The van der Waals surface area contributed by atoms with Crippen molar-refractivity contribution in [2.24, 2.45) is 7.05 Å². The summed E-state index contributed by atoms with van der Waals surface area (Å²) >= 11 is 1.08. The predicted octanol–water partition coefficient (Wildman–Crippen LogP) is 4.18. The van der Waals surface area contributed by atoms with Crippen LogP contribution in [-0.2, 0) is 18.0 Å². The molecule has 1 N–H and O–H groups in total. The van der Waals surface area contributed by atoms with Crippen LogP contribution in [0.3, 0.4) is 0 Å². The summed E-state index contributed by atoms with van der Waals surface area (Å²) in [6.07, 6.45) is -4.40. The predicted molar refractivity (Wildman–Crippen MR) is 88.1 cm³/mol. The molecule has 0 spiro atoms. The number of aryl methyl sites for hydroxylation is 2. The molecule has 0 saturated heterocycles. The van der Waals surface area contributed by atoms with Gasteiger partial charge in [-0.25, -0.2) is 0 Å². The van der Waals surface area contributed by atoms with E-state index in [4.69, 9.17) is 0 Å². The van der Waals surface area contributed by atoms with E-state index in [1.807, 2.05) is 6.92 Å². The van der Waals surface area contributed by atoms with Crippen LogP contribution in [-0.4, -0.2) is 20.9 Å². The topological polar surface area (TPSA) is 46.9 Å². The molecule has 130 valence electrons. The van der Waals surface area contributed by atoms with Crippen molar-refractivity contribution in [1.82, 2.24) is 9.78 Å². The third kappa shape index (κ3) is 4.11. The largest absolute Gasteiger partial charge is 0.416 e. The maximum Gasteiger partial charge on any atom is 0.416 e. The third-order valence-electron chi connectivity index (χ3n) is 3.60. The number of thioether (sulfide) groups is 1. The Hall–Kier alpha value is -1.96. The Labute approximate surface area is 142 Å². The van der Waals surface area contributed by atoms with E-state index in [-0.39, 0.29) is 5.91 Å². The molecule has 0 radical (unpaired) electrons. The summed E-state index contributed by atoms with van der Waals surface area (Å²) in [7, 11) is 1.78. The number of rotatable bonds is 4. The van der Waals surface area contributed by atoms with Crippen molar-refractivity contribution in [1.29, 1.82) is 0 Å². The molecule has 0 fully saturated rings. The lowest BCUT2D eigenvalue weighted by Crippen LogP contribution is -2.23. The van der Waals surface area contributed by atoms with E-state index in [9.17, 15) is 18.0 Å². The van der Waals surface area contributed by atoms with Crippen LogP contribution in [0.1, 0.15) is 23.9 Å². The van der Waals surface area contributed by atoms with Crippen LogP contribution in [0, 0.1) is 13.8 Å². The second kappa shape index (κ2) is 6.88. The van der Waals surface area contributed by atoms with Crippen LogP contribution in [0.25, 0.3) is 0 Å². The summed E-state index contributed by atoms with van der Waals surface area (Å²) < 4.78 is 39.9. The second-order valence-corrected chi connectivity index (χ2v) is 6.86. The minimum Gasteiger partial charge on any atom is -0.322 e. The number of benzene rings is 1. The van der Waals surface area contributed by atoms with Crippen molar-refractivity contribution in [2.45, 2.75) is 37.1 Å². The van der Waals surface area contributed by atoms with Gasteiger partial charge in [-0.3, -0.25) is 9.48 Å². The van der Waals surface area contributed by atoms with E-state index in [0.717, 1.165) is 29.6 Å². The quantitative estimate of drug-likeness (QED) is 0.835. The first-order chi connectivity index (χ1) is 11.1. The van der Waals surface area contributed by atoms with Gasteiger partial charge in [-0.05, 0) is 39.0 Å². The molecule has 2 aromatic rings. The van der Waals surface area contributed by atoms with E-state index in [1.165, 1.54) is 6.07 Å². The highest BCUT2D eigenvalue weighted by Crippen LogP contribution is 2.33. The lowest BCUT2D eigenvalue weighted by Gasteiger charge is -2.13. The Balaban J connectivity index is 2.09. The molecule has 0 aliphatic heterocycles. The number of aromatic nitrogens is 2. The number of anilines is 1. The number of alkyl halides is 3. The molecule has 1 aromatic heterocycles. The van der Waals surface area contributed by atoms with Crippen LogP contribution in [0.4, 0.5) is 18.9 Å². The molecule has 0 aliphatic carbocycles. The molecule has 0 bridgehead atoms. The molecule has 1 amide bonds. The molecule has 4 nitrogen and oxygen atoms in total. The first-order valence-corrected chi connectivity index (χ1v) is 8.12. The zero-order chi connectivity index (χ0) is 18.1. The van der Waals surface area contributed by atoms with Gasteiger partial charge in [-0.15, -0.1) is 11.8 Å². The molecule has 1 heterocycles. The molecule has 24 heavy (non-hydrogen) atoms. The van der Waals surface area contributed by atoms with Crippen molar-refractivity contribution in [3.63, 3.8) is 0 Å². The number of hydrogen-bond donors (Lipinski definition) is 1. The number of halogens is 3. The fourth-order valence-corrected chi connectivity index (χ4v) is 3.11. The summed E-state index contributed by atoms with van der Waals surface area (Å²) in [6.45, 7) is 5.27. The third-order valence-corrected chi connectivity index (χ3v) is 4.69. The van der Waals surface area contributed by atoms with E-state index in [1.54, 1.807) is 31.6 Å². The van der Waals surface area contributed by atoms with E-state index >= 15 is 0 Å². The standard InChI is InChI=1S/C16H18F3N3OS/c1-9-14(10(2)22(4)21-9)20-15(23)11(3)24-13-7-5-6-12(8-13)16(17,18)19/h5-8,11H,1-4H3,(H,20,23)/t11-/m0/s1. The van der Waals surface area contributed by atoms with Gasteiger partial charge in [0.15, 0.2) is 0 Å². The van der Waals surface area contributed by atoms with Crippen molar-refractivity contribution < 1.29 is 18.0 Å². The van der Waals surface area contributed by atoms with Crippen molar-refractivity contribution in [2.75, 3.05) is 5.32 Å². The Kier molecular flexibility index (Phi) is 5.27. The number of nitrogens with zero attached hydrogens (tertiary/aromatic N) is 2. The minimum atomic E-state index is -4.40. The maximum atomic E-state index is 12.7. The van der Waals surface area contributed by atoms with Crippen LogP contribution in [0.15, 0.2) is 29.2 Å². The van der Waals surface area contributed by atoms with Gasteiger partial charge in [0, 0.05) is 11.9 Å². The Morgan fingerprint density at radius 2 is 2.00 bits per heavy atom. The molecule has 2 rings (SSSR count). The molecule has 0 saturated carbocycles. The van der Waals surface area contributed by atoms with Crippen LogP contribution < -0.4 is 5.32 Å². The molecule has 1 atom stereocenters. The lowest BCUT2D eigenvalue weighted by atomic mass is 10.2. The summed E-state index contributed by atoms with van der Waals surface area (Å²) in [5, 5.41) is 6.47. The van der Waals surface area contributed by atoms with Crippen LogP contribution in [0.2, 0.25) is 0 Å². The summed E-state index contributed by atoms with van der Waals surface area (Å²) in [5.74, 6) is -0.281. The van der Waals surface area contributed by atoms with Crippen LogP contribution >= 0.6 is 11.8 Å². The number of carbonyl (C=O) groups is 1. The van der Waals surface area contributed by atoms with Gasteiger partial charge in [0.05, 0.1) is 27.9 Å². The highest BCUT2D eigenvalue weighted by molar-refractivity contribution is 8.00. The van der Waals surface area contributed by atoms with E-state index in [0.29, 0.717) is 16.3 Å². The fraction of sp³-hybridized carbons (Fsp3) is 0.375. The van der Waals surface area contributed by atoms with Crippen LogP contribution in [0.5, 0.6) is 0 Å². The number of amides is 1. The fourth-order valence-electron chi connectivity index (χ4n) is 2.18.